The van der Waals surface area contributed by atoms with Crippen LogP contribution >= 0.6 is 11.6 Å². The minimum atomic E-state index is -0.700. The van der Waals surface area contributed by atoms with E-state index in [2.05, 4.69) is 20.5 Å². The van der Waals surface area contributed by atoms with Gasteiger partial charge in [0.25, 0.3) is 0 Å². The number of hydrogen-bond acceptors (Lipinski definition) is 5. The van der Waals surface area contributed by atoms with Gasteiger partial charge in [0.1, 0.15) is 5.82 Å². The number of nitrogens with zero attached hydrogens (tertiary/aromatic N) is 3. The monoisotopic (exact) mass is 495 g/mol. The molecule has 2 aromatic carbocycles. The molecule has 0 aliphatic carbocycles. The maximum Gasteiger partial charge on any atom is 0.309 e. The summed E-state index contributed by atoms with van der Waals surface area (Å²) in [7, 11) is 0. The third-order valence-electron chi connectivity index (χ3n) is 6.05. The molecule has 2 heterocycles. The molecule has 0 bridgehead atoms. The summed E-state index contributed by atoms with van der Waals surface area (Å²) in [5.41, 5.74) is 2.38. The van der Waals surface area contributed by atoms with Crippen LogP contribution < -0.4 is 15.5 Å². The van der Waals surface area contributed by atoms with Gasteiger partial charge in [-0.05, 0) is 41.5 Å². The molecule has 1 aliphatic heterocycles. The van der Waals surface area contributed by atoms with Crippen LogP contribution in [0.5, 0.6) is 0 Å². The standard InChI is InChI=1S/C26H27ClFN5O2/c27-21-9-7-19(8-10-21)16-30-25(34)26(35)31-18-24(20-4-3-11-29-17-20)33-14-12-32(13-15-33)23-6-2-1-5-22(23)28/h1-11,17,24H,12-16,18H2,(H,30,34)(H,31,35)/t24-/m0/s1. The van der Waals surface area contributed by atoms with E-state index >= 15 is 0 Å². The fourth-order valence-electron chi connectivity index (χ4n) is 4.15. The van der Waals surface area contributed by atoms with Crippen LogP contribution in [0.3, 0.4) is 0 Å². The van der Waals surface area contributed by atoms with E-state index in [9.17, 15) is 14.0 Å². The number of hydrogen-bond donors (Lipinski definition) is 2. The van der Waals surface area contributed by atoms with E-state index in [-0.39, 0.29) is 24.9 Å². The number of pyridine rings is 1. The molecule has 4 rings (SSSR count). The van der Waals surface area contributed by atoms with Crippen molar-refractivity contribution in [2.24, 2.45) is 0 Å². The zero-order chi connectivity index (χ0) is 24.6. The Morgan fingerprint density at radius 2 is 1.66 bits per heavy atom. The van der Waals surface area contributed by atoms with Crippen LogP contribution in [0, 0.1) is 5.82 Å². The number of carbonyl (C=O) groups is 2. The molecule has 182 valence electrons. The fourth-order valence-corrected chi connectivity index (χ4v) is 4.27. The number of benzene rings is 2. The second-order valence-electron chi connectivity index (χ2n) is 8.30. The molecule has 2 N–H and O–H groups in total. The predicted molar refractivity (Wildman–Crippen MR) is 133 cm³/mol. The van der Waals surface area contributed by atoms with Crippen molar-refractivity contribution in [2.45, 2.75) is 12.6 Å². The van der Waals surface area contributed by atoms with Crippen LogP contribution in [-0.2, 0) is 16.1 Å². The van der Waals surface area contributed by atoms with Gasteiger partial charge in [0, 0.05) is 56.7 Å². The molecule has 0 spiro atoms. The van der Waals surface area contributed by atoms with Crippen molar-refractivity contribution in [1.82, 2.24) is 20.5 Å². The molecule has 35 heavy (non-hydrogen) atoms. The van der Waals surface area contributed by atoms with Crippen LogP contribution in [0.4, 0.5) is 10.1 Å². The molecule has 3 aromatic rings. The molecule has 7 nitrogen and oxygen atoms in total. The largest absolute Gasteiger partial charge is 0.367 e. The SMILES string of the molecule is O=C(NCc1ccc(Cl)cc1)C(=O)NC[C@@H](c1cccnc1)N1CCN(c2ccccc2F)CC1. The first kappa shape index (κ1) is 24.6. The van der Waals surface area contributed by atoms with Gasteiger partial charge < -0.3 is 15.5 Å². The van der Waals surface area contributed by atoms with Gasteiger partial charge in [-0.3, -0.25) is 19.5 Å². The first-order chi connectivity index (χ1) is 17.0. The first-order valence-corrected chi connectivity index (χ1v) is 11.8. The number of amides is 2. The lowest BCUT2D eigenvalue weighted by Gasteiger charge is -2.40. The van der Waals surface area contributed by atoms with Crippen molar-refractivity contribution in [3.05, 3.63) is 95.0 Å². The number of anilines is 1. The summed E-state index contributed by atoms with van der Waals surface area (Å²) in [6, 6.07) is 17.4. The van der Waals surface area contributed by atoms with Gasteiger partial charge in [-0.2, -0.15) is 0 Å². The number of halogens is 2. The Bertz CT molecular complexity index is 1140. The maximum atomic E-state index is 14.2. The molecular weight excluding hydrogens is 469 g/mol. The molecule has 1 saturated heterocycles. The van der Waals surface area contributed by atoms with Crippen LogP contribution in [-0.4, -0.2) is 54.4 Å². The topological polar surface area (TPSA) is 77.6 Å². The molecule has 9 heteroatoms. The van der Waals surface area contributed by atoms with Gasteiger partial charge in [-0.15, -0.1) is 0 Å². The van der Waals surface area contributed by atoms with E-state index in [0.29, 0.717) is 36.9 Å². The molecule has 0 unspecified atom stereocenters. The summed E-state index contributed by atoms with van der Waals surface area (Å²) >= 11 is 5.88. The van der Waals surface area contributed by atoms with Crippen molar-refractivity contribution in [1.29, 1.82) is 0 Å². The average Bonchev–Trinajstić information content (AvgIpc) is 2.89. The van der Waals surface area contributed by atoms with Crippen molar-refractivity contribution in [3.63, 3.8) is 0 Å². The van der Waals surface area contributed by atoms with E-state index < -0.39 is 11.8 Å². The Morgan fingerprint density at radius 1 is 0.943 bits per heavy atom. The Kier molecular flexibility index (Phi) is 8.28. The van der Waals surface area contributed by atoms with Crippen LogP contribution in [0.2, 0.25) is 5.02 Å². The molecule has 2 amide bonds. The van der Waals surface area contributed by atoms with Crippen molar-refractivity contribution in [2.75, 3.05) is 37.6 Å². The predicted octanol–water partition coefficient (Wildman–Crippen LogP) is 3.17. The number of para-hydroxylation sites is 1. The first-order valence-electron chi connectivity index (χ1n) is 11.4. The number of carbonyl (C=O) groups excluding carboxylic acids is 2. The normalized spacial score (nSPS) is 14.9. The average molecular weight is 496 g/mol. The Hall–Kier alpha value is -3.49. The summed E-state index contributed by atoms with van der Waals surface area (Å²) in [5.74, 6) is -1.63. The Labute approximate surface area is 208 Å². The molecule has 0 radical (unpaired) electrons. The van der Waals surface area contributed by atoms with Crippen LogP contribution in [0.1, 0.15) is 17.2 Å². The highest BCUT2D eigenvalue weighted by Crippen LogP contribution is 2.25. The summed E-state index contributed by atoms with van der Waals surface area (Å²) in [4.78, 5) is 33.3. The molecule has 1 aromatic heterocycles. The van der Waals surface area contributed by atoms with Crippen LogP contribution in [0.25, 0.3) is 0 Å². The lowest BCUT2D eigenvalue weighted by molar-refractivity contribution is -0.139. The van der Waals surface area contributed by atoms with E-state index in [1.54, 1.807) is 48.8 Å². The minimum Gasteiger partial charge on any atom is -0.367 e. The molecule has 1 atom stereocenters. The molecule has 1 fully saturated rings. The van der Waals surface area contributed by atoms with Gasteiger partial charge in [0.15, 0.2) is 0 Å². The van der Waals surface area contributed by atoms with Gasteiger partial charge in [-0.25, -0.2) is 4.39 Å². The number of nitrogens with one attached hydrogen (secondary N) is 2. The summed E-state index contributed by atoms with van der Waals surface area (Å²) < 4.78 is 14.2. The zero-order valence-electron chi connectivity index (χ0n) is 19.2. The number of rotatable bonds is 7. The highest BCUT2D eigenvalue weighted by atomic mass is 35.5. The highest BCUT2D eigenvalue weighted by Gasteiger charge is 2.27. The van der Waals surface area contributed by atoms with Gasteiger partial charge >= 0.3 is 11.8 Å². The Morgan fingerprint density at radius 3 is 2.34 bits per heavy atom. The van der Waals surface area contributed by atoms with E-state index in [1.807, 2.05) is 23.1 Å². The lowest BCUT2D eigenvalue weighted by atomic mass is 10.1. The van der Waals surface area contributed by atoms with Gasteiger partial charge in [0.2, 0.25) is 0 Å². The summed E-state index contributed by atoms with van der Waals surface area (Å²) in [6.07, 6.45) is 3.46. The van der Waals surface area contributed by atoms with Gasteiger partial charge in [-0.1, -0.05) is 41.9 Å². The molecule has 0 saturated carbocycles. The second-order valence-corrected chi connectivity index (χ2v) is 8.73. The quantitative estimate of drug-likeness (QED) is 0.492. The third-order valence-corrected chi connectivity index (χ3v) is 6.30. The number of aromatic nitrogens is 1. The minimum absolute atomic E-state index is 0.167. The smallest absolute Gasteiger partial charge is 0.309 e. The third kappa shape index (κ3) is 6.55. The lowest BCUT2D eigenvalue weighted by Crippen LogP contribution is -2.51. The van der Waals surface area contributed by atoms with E-state index in [1.165, 1.54) is 6.07 Å². The summed E-state index contributed by atoms with van der Waals surface area (Å²) in [5, 5.41) is 5.99. The van der Waals surface area contributed by atoms with Gasteiger partial charge in [0.05, 0.1) is 11.7 Å². The van der Waals surface area contributed by atoms with Crippen LogP contribution in [0.15, 0.2) is 73.1 Å². The summed E-state index contributed by atoms with van der Waals surface area (Å²) in [6.45, 7) is 3.12. The van der Waals surface area contributed by atoms with E-state index in [4.69, 9.17) is 11.6 Å². The van der Waals surface area contributed by atoms with Crippen molar-refractivity contribution >= 4 is 29.1 Å². The zero-order valence-corrected chi connectivity index (χ0v) is 19.9. The van der Waals surface area contributed by atoms with Crippen molar-refractivity contribution < 1.29 is 14.0 Å². The Balaban J connectivity index is 1.35. The maximum absolute atomic E-state index is 14.2. The number of piperazine rings is 1. The molecule has 1 aliphatic rings. The fraction of sp³-hybridized carbons (Fsp3) is 0.269. The van der Waals surface area contributed by atoms with E-state index in [0.717, 1.165) is 11.1 Å². The van der Waals surface area contributed by atoms with Crippen molar-refractivity contribution in [3.8, 4) is 0 Å². The second kappa shape index (κ2) is 11.8. The highest BCUT2D eigenvalue weighted by molar-refractivity contribution is 6.35. The molecular formula is C26H27ClFN5O2.